The summed E-state index contributed by atoms with van der Waals surface area (Å²) in [6, 6.07) is 17.8. The number of hydrogen-bond acceptors (Lipinski definition) is 3. The molecule has 1 aliphatic rings. The summed E-state index contributed by atoms with van der Waals surface area (Å²) < 4.78 is 14.7. The van der Waals surface area contributed by atoms with Crippen LogP contribution in [0.5, 0.6) is 0 Å². The maximum absolute atomic E-state index is 14.7. The number of para-hydroxylation sites is 1. The topological polar surface area (TPSA) is 73.8 Å². The highest BCUT2D eigenvalue weighted by Gasteiger charge is 2.31. The van der Waals surface area contributed by atoms with Crippen LogP contribution in [-0.4, -0.2) is 30.9 Å². The van der Waals surface area contributed by atoms with Crippen molar-refractivity contribution < 1.29 is 14.0 Å². The standard InChI is InChI=1S/C24H20ClFN4O2/c1-14-17(25)10-7-12-19(14)27-24(32)29-22-23(31)30(2)20-13-6-4-9-16(20)21(28-22)15-8-3-5-11-18(15)26/h3-13,22H,1-2H3,(H2,27,29,32). The van der Waals surface area contributed by atoms with Gasteiger partial charge in [-0.3, -0.25) is 4.79 Å². The zero-order valence-electron chi connectivity index (χ0n) is 17.4. The Kier molecular flexibility index (Phi) is 5.92. The molecule has 1 heterocycles. The zero-order chi connectivity index (χ0) is 22.8. The monoisotopic (exact) mass is 450 g/mol. The minimum absolute atomic E-state index is 0.237. The van der Waals surface area contributed by atoms with Crippen molar-refractivity contribution in [3.63, 3.8) is 0 Å². The van der Waals surface area contributed by atoms with Gasteiger partial charge in [-0.2, -0.15) is 0 Å². The van der Waals surface area contributed by atoms with Crippen LogP contribution in [0.2, 0.25) is 5.02 Å². The number of carbonyl (C=O) groups excluding carboxylic acids is 2. The molecule has 0 radical (unpaired) electrons. The molecule has 3 aromatic rings. The van der Waals surface area contributed by atoms with Gasteiger partial charge in [-0.25, -0.2) is 14.2 Å². The van der Waals surface area contributed by atoms with Crippen LogP contribution in [-0.2, 0) is 4.79 Å². The number of carbonyl (C=O) groups is 2. The Morgan fingerprint density at radius 3 is 2.47 bits per heavy atom. The molecule has 6 nitrogen and oxygen atoms in total. The minimum atomic E-state index is -1.26. The van der Waals surface area contributed by atoms with Crippen LogP contribution in [0.4, 0.5) is 20.6 Å². The average molecular weight is 451 g/mol. The van der Waals surface area contributed by atoms with E-state index >= 15 is 0 Å². The first-order valence-corrected chi connectivity index (χ1v) is 10.3. The van der Waals surface area contributed by atoms with Gasteiger partial charge in [0.1, 0.15) is 5.82 Å². The zero-order valence-corrected chi connectivity index (χ0v) is 18.2. The third-order valence-corrected chi connectivity index (χ3v) is 5.67. The number of fused-ring (bicyclic) bond motifs is 1. The number of halogens is 2. The lowest BCUT2D eigenvalue weighted by Gasteiger charge is -2.21. The Bertz CT molecular complexity index is 1240. The van der Waals surface area contributed by atoms with E-state index in [-0.39, 0.29) is 11.3 Å². The number of nitrogens with zero attached hydrogens (tertiary/aromatic N) is 2. The van der Waals surface area contributed by atoms with Gasteiger partial charge in [-0.1, -0.05) is 48.0 Å². The lowest BCUT2D eigenvalue weighted by molar-refractivity contribution is -0.119. The van der Waals surface area contributed by atoms with Crippen LogP contribution in [0, 0.1) is 12.7 Å². The van der Waals surface area contributed by atoms with Gasteiger partial charge in [-0.05, 0) is 42.8 Å². The van der Waals surface area contributed by atoms with Crippen LogP contribution in [0.3, 0.4) is 0 Å². The highest BCUT2D eigenvalue weighted by molar-refractivity contribution is 6.31. The summed E-state index contributed by atoms with van der Waals surface area (Å²) in [5.74, 6) is -0.933. The predicted octanol–water partition coefficient (Wildman–Crippen LogP) is 4.75. The van der Waals surface area contributed by atoms with Crippen LogP contribution < -0.4 is 15.5 Å². The lowest BCUT2D eigenvalue weighted by Crippen LogP contribution is -2.47. The van der Waals surface area contributed by atoms with Crippen molar-refractivity contribution in [1.82, 2.24) is 5.32 Å². The average Bonchev–Trinajstić information content (AvgIpc) is 2.88. The largest absolute Gasteiger partial charge is 0.321 e. The Morgan fingerprint density at radius 2 is 1.72 bits per heavy atom. The molecule has 0 aromatic heterocycles. The Morgan fingerprint density at radius 1 is 1.03 bits per heavy atom. The number of anilines is 2. The molecule has 3 aromatic carbocycles. The van der Waals surface area contributed by atoms with Crippen molar-refractivity contribution >= 4 is 40.6 Å². The second-order valence-corrected chi connectivity index (χ2v) is 7.69. The fraction of sp³-hybridized carbons (Fsp3) is 0.125. The molecule has 2 N–H and O–H groups in total. The number of rotatable bonds is 3. The lowest BCUT2D eigenvalue weighted by atomic mass is 10.00. The molecule has 8 heteroatoms. The van der Waals surface area contributed by atoms with Gasteiger partial charge >= 0.3 is 6.03 Å². The van der Waals surface area contributed by atoms with E-state index in [1.165, 1.54) is 11.0 Å². The number of likely N-dealkylation sites (N-methyl/N-ethyl adjacent to an activating group) is 1. The molecule has 3 amide bonds. The van der Waals surface area contributed by atoms with Crippen LogP contribution in [0.25, 0.3) is 0 Å². The third-order valence-electron chi connectivity index (χ3n) is 5.26. The van der Waals surface area contributed by atoms with Crippen molar-refractivity contribution in [1.29, 1.82) is 0 Å². The van der Waals surface area contributed by atoms with E-state index in [2.05, 4.69) is 15.6 Å². The van der Waals surface area contributed by atoms with Crippen molar-refractivity contribution in [3.05, 3.63) is 94.3 Å². The Hall–Kier alpha value is -3.71. The van der Waals surface area contributed by atoms with Gasteiger partial charge in [0.2, 0.25) is 6.17 Å². The molecule has 0 bridgehead atoms. The molecule has 4 rings (SSSR count). The smallest absolute Gasteiger partial charge is 0.311 e. The van der Waals surface area contributed by atoms with Crippen molar-refractivity contribution in [3.8, 4) is 0 Å². The summed E-state index contributed by atoms with van der Waals surface area (Å²) in [7, 11) is 1.59. The Labute approximate surface area is 189 Å². The summed E-state index contributed by atoms with van der Waals surface area (Å²) in [6.45, 7) is 1.77. The molecule has 162 valence electrons. The predicted molar refractivity (Wildman–Crippen MR) is 124 cm³/mol. The summed E-state index contributed by atoms with van der Waals surface area (Å²) in [4.78, 5) is 31.7. The molecule has 0 aliphatic carbocycles. The number of benzene rings is 3. The molecule has 0 saturated carbocycles. The second kappa shape index (κ2) is 8.80. The fourth-order valence-electron chi connectivity index (χ4n) is 3.51. The highest BCUT2D eigenvalue weighted by Crippen LogP contribution is 2.28. The number of benzodiazepines with no additional fused rings is 1. The summed E-state index contributed by atoms with van der Waals surface area (Å²) in [6.07, 6.45) is -1.26. The van der Waals surface area contributed by atoms with Crippen LogP contribution in [0.1, 0.15) is 16.7 Å². The SMILES string of the molecule is Cc1c(Cl)cccc1NC(=O)NC1N=C(c2ccccc2F)c2ccccc2N(C)C1=O. The van der Waals surface area contributed by atoms with Crippen LogP contribution in [0.15, 0.2) is 71.7 Å². The van der Waals surface area contributed by atoms with E-state index in [1.807, 2.05) is 0 Å². The first kappa shape index (κ1) is 21.5. The van der Waals surface area contributed by atoms with E-state index in [4.69, 9.17) is 11.6 Å². The molecular formula is C24H20ClFN4O2. The van der Waals surface area contributed by atoms with E-state index in [9.17, 15) is 14.0 Å². The molecule has 0 saturated heterocycles. The minimum Gasteiger partial charge on any atom is -0.311 e. The van der Waals surface area contributed by atoms with Crippen molar-refractivity contribution in [2.24, 2.45) is 4.99 Å². The number of amides is 3. The summed E-state index contributed by atoms with van der Waals surface area (Å²) in [5, 5.41) is 5.79. The summed E-state index contributed by atoms with van der Waals surface area (Å²) in [5.41, 5.74) is 2.86. The van der Waals surface area contributed by atoms with Gasteiger partial charge in [-0.15, -0.1) is 0 Å². The van der Waals surface area contributed by atoms with Gasteiger partial charge in [0.25, 0.3) is 5.91 Å². The van der Waals surface area contributed by atoms with Gasteiger partial charge in [0, 0.05) is 28.9 Å². The van der Waals surface area contributed by atoms with E-state index < -0.39 is 23.9 Å². The first-order valence-electron chi connectivity index (χ1n) is 9.89. The van der Waals surface area contributed by atoms with Gasteiger partial charge < -0.3 is 15.5 Å². The van der Waals surface area contributed by atoms with E-state index in [0.29, 0.717) is 27.5 Å². The third kappa shape index (κ3) is 4.07. The molecule has 32 heavy (non-hydrogen) atoms. The Balaban J connectivity index is 1.72. The molecule has 1 atom stereocenters. The number of urea groups is 1. The molecule has 0 fully saturated rings. The molecule has 1 unspecified atom stereocenters. The first-order chi connectivity index (χ1) is 15.4. The van der Waals surface area contributed by atoms with Crippen LogP contribution >= 0.6 is 11.6 Å². The number of hydrogen-bond donors (Lipinski definition) is 2. The van der Waals surface area contributed by atoms with Crippen molar-refractivity contribution in [2.75, 3.05) is 17.3 Å². The van der Waals surface area contributed by atoms with Gasteiger partial charge in [0.15, 0.2) is 0 Å². The molecular weight excluding hydrogens is 431 g/mol. The second-order valence-electron chi connectivity index (χ2n) is 7.29. The molecule has 1 aliphatic heterocycles. The fourth-order valence-corrected chi connectivity index (χ4v) is 3.68. The summed E-state index contributed by atoms with van der Waals surface area (Å²) >= 11 is 6.12. The number of aliphatic imine (C=N–C) groups is 1. The van der Waals surface area contributed by atoms with Crippen molar-refractivity contribution in [2.45, 2.75) is 13.1 Å². The maximum atomic E-state index is 14.7. The highest BCUT2D eigenvalue weighted by atomic mass is 35.5. The molecule has 0 spiro atoms. The maximum Gasteiger partial charge on any atom is 0.321 e. The van der Waals surface area contributed by atoms with Gasteiger partial charge in [0.05, 0.1) is 11.4 Å². The normalized spacial score (nSPS) is 15.5. The number of nitrogens with one attached hydrogen (secondary N) is 2. The van der Waals surface area contributed by atoms with E-state index in [1.54, 1.807) is 74.6 Å². The quantitative estimate of drug-likeness (QED) is 0.604. The van der Waals surface area contributed by atoms with E-state index in [0.717, 1.165) is 0 Å².